The van der Waals surface area contributed by atoms with E-state index in [9.17, 15) is 4.79 Å². The van der Waals surface area contributed by atoms with Crippen molar-refractivity contribution in [3.05, 3.63) is 24.0 Å². The van der Waals surface area contributed by atoms with Gasteiger partial charge in [-0.15, -0.1) is 0 Å². The van der Waals surface area contributed by atoms with E-state index in [1.54, 1.807) is 12.3 Å². The molecule has 1 aromatic rings. The van der Waals surface area contributed by atoms with Gasteiger partial charge in [0.05, 0.1) is 5.56 Å². The minimum absolute atomic E-state index is 0.285. The summed E-state index contributed by atoms with van der Waals surface area (Å²) in [5, 5.41) is 8.71. The molecule has 0 aromatic carbocycles. The fraction of sp³-hybridized carbons (Fsp3) is 0.545. The molecule has 1 N–H and O–H groups in total. The number of carbonyl (C=O) groups is 1. The van der Waals surface area contributed by atoms with Gasteiger partial charge in [-0.25, -0.2) is 4.79 Å². The number of carboxylic acids is 1. The predicted octanol–water partition coefficient (Wildman–Crippen LogP) is 2.62. The molecule has 78 valence electrons. The van der Waals surface area contributed by atoms with Crippen LogP contribution in [0.1, 0.15) is 37.6 Å². The third kappa shape index (κ3) is 3.24. The standard InChI is InChI=1S/C11H17NO2/c1-11(2,3)5-7-12-6-4-9(8-12)10(13)14/h4,6,8H,5,7H2,1-3H3,(H,13,14). The van der Waals surface area contributed by atoms with Crippen molar-refractivity contribution in [3.8, 4) is 0 Å². The largest absolute Gasteiger partial charge is 0.478 e. The molecule has 0 radical (unpaired) electrons. The average Bonchev–Trinajstić information content (AvgIpc) is 2.47. The Hall–Kier alpha value is -1.25. The van der Waals surface area contributed by atoms with Gasteiger partial charge in [0.15, 0.2) is 0 Å². The predicted molar refractivity (Wildman–Crippen MR) is 55.5 cm³/mol. The van der Waals surface area contributed by atoms with Gasteiger partial charge in [0.25, 0.3) is 0 Å². The normalized spacial score (nSPS) is 11.6. The Kier molecular flexibility index (Phi) is 2.99. The lowest BCUT2D eigenvalue weighted by atomic mass is 9.92. The van der Waals surface area contributed by atoms with Crippen LogP contribution < -0.4 is 0 Å². The van der Waals surface area contributed by atoms with Crippen LogP contribution in [-0.4, -0.2) is 15.6 Å². The number of aryl methyl sites for hydroxylation is 1. The van der Waals surface area contributed by atoms with E-state index in [0.29, 0.717) is 5.56 Å². The molecule has 1 rings (SSSR count). The van der Waals surface area contributed by atoms with Gasteiger partial charge >= 0.3 is 5.97 Å². The Morgan fingerprint density at radius 1 is 1.50 bits per heavy atom. The van der Waals surface area contributed by atoms with E-state index >= 15 is 0 Å². The summed E-state index contributed by atoms with van der Waals surface area (Å²) in [5.41, 5.74) is 0.645. The van der Waals surface area contributed by atoms with E-state index in [0.717, 1.165) is 13.0 Å². The lowest BCUT2D eigenvalue weighted by Crippen LogP contribution is -2.09. The summed E-state index contributed by atoms with van der Waals surface area (Å²) < 4.78 is 1.93. The number of rotatable bonds is 3. The summed E-state index contributed by atoms with van der Waals surface area (Å²) in [6, 6.07) is 1.63. The van der Waals surface area contributed by atoms with Crippen LogP contribution in [-0.2, 0) is 6.54 Å². The number of carboxylic acid groups (broad SMARTS) is 1. The van der Waals surface area contributed by atoms with Crippen LogP contribution in [0.2, 0.25) is 0 Å². The Bertz CT molecular complexity index is 320. The zero-order chi connectivity index (χ0) is 10.8. The van der Waals surface area contributed by atoms with Gasteiger partial charge in [-0.05, 0) is 17.9 Å². The van der Waals surface area contributed by atoms with Crippen molar-refractivity contribution in [2.45, 2.75) is 33.7 Å². The Morgan fingerprint density at radius 2 is 2.14 bits per heavy atom. The van der Waals surface area contributed by atoms with Crippen molar-refractivity contribution in [2.75, 3.05) is 0 Å². The SMILES string of the molecule is CC(C)(C)CCn1ccc(C(=O)O)c1. The van der Waals surface area contributed by atoms with Crippen LogP contribution >= 0.6 is 0 Å². The molecule has 0 atom stereocenters. The first-order valence-corrected chi connectivity index (χ1v) is 4.77. The number of aromatic carboxylic acids is 1. The third-order valence-corrected chi connectivity index (χ3v) is 2.12. The zero-order valence-electron chi connectivity index (χ0n) is 8.95. The third-order valence-electron chi connectivity index (χ3n) is 2.12. The van der Waals surface area contributed by atoms with Crippen molar-refractivity contribution >= 4 is 5.97 Å². The van der Waals surface area contributed by atoms with Crippen molar-refractivity contribution < 1.29 is 9.90 Å². The van der Waals surface area contributed by atoms with E-state index in [1.807, 2.05) is 10.8 Å². The van der Waals surface area contributed by atoms with Crippen LogP contribution in [0.15, 0.2) is 18.5 Å². The summed E-state index contributed by atoms with van der Waals surface area (Å²) in [6.07, 6.45) is 4.53. The molecule has 0 bridgehead atoms. The quantitative estimate of drug-likeness (QED) is 0.805. The maximum atomic E-state index is 10.6. The molecule has 14 heavy (non-hydrogen) atoms. The first-order chi connectivity index (χ1) is 6.38. The van der Waals surface area contributed by atoms with Crippen LogP contribution in [0.4, 0.5) is 0 Å². The molecule has 3 nitrogen and oxygen atoms in total. The minimum atomic E-state index is -0.862. The zero-order valence-corrected chi connectivity index (χ0v) is 8.95. The molecule has 0 amide bonds. The van der Waals surface area contributed by atoms with Crippen LogP contribution in [0.5, 0.6) is 0 Å². The highest BCUT2D eigenvalue weighted by Gasteiger charge is 2.10. The molecule has 0 saturated heterocycles. The molecule has 0 aliphatic carbocycles. The van der Waals surface area contributed by atoms with E-state index in [4.69, 9.17) is 5.11 Å². The summed E-state index contributed by atoms with van der Waals surface area (Å²) >= 11 is 0. The second-order valence-corrected chi connectivity index (χ2v) is 4.75. The van der Waals surface area contributed by atoms with Crippen molar-refractivity contribution in [3.63, 3.8) is 0 Å². The fourth-order valence-electron chi connectivity index (χ4n) is 1.17. The van der Waals surface area contributed by atoms with Crippen molar-refractivity contribution in [1.29, 1.82) is 0 Å². The molecule has 0 fully saturated rings. The second kappa shape index (κ2) is 3.86. The molecule has 0 saturated carbocycles. The van der Waals surface area contributed by atoms with Crippen molar-refractivity contribution in [1.82, 2.24) is 4.57 Å². The number of aromatic nitrogens is 1. The summed E-state index contributed by atoms with van der Waals surface area (Å²) in [7, 11) is 0. The Balaban J connectivity index is 2.56. The molecule has 0 aliphatic rings. The summed E-state index contributed by atoms with van der Waals surface area (Å²) in [4.78, 5) is 10.6. The molecule has 0 unspecified atom stereocenters. The van der Waals surface area contributed by atoms with Crippen LogP contribution in [0.25, 0.3) is 0 Å². The average molecular weight is 195 g/mol. The number of nitrogens with zero attached hydrogens (tertiary/aromatic N) is 1. The fourth-order valence-corrected chi connectivity index (χ4v) is 1.17. The van der Waals surface area contributed by atoms with E-state index in [2.05, 4.69) is 20.8 Å². The van der Waals surface area contributed by atoms with Crippen LogP contribution in [0, 0.1) is 5.41 Å². The maximum absolute atomic E-state index is 10.6. The molecular formula is C11H17NO2. The van der Waals surface area contributed by atoms with Crippen LogP contribution in [0.3, 0.4) is 0 Å². The van der Waals surface area contributed by atoms with Gasteiger partial charge in [-0.2, -0.15) is 0 Å². The molecule has 1 aromatic heterocycles. The lowest BCUT2D eigenvalue weighted by molar-refractivity contribution is 0.0697. The molecule has 1 heterocycles. The van der Waals surface area contributed by atoms with E-state index < -0.39 is 5.97 Å². The molecule has 3 heteroatoms. The smallest absolute Gasteiger partial charge is 0.337 e. The number of hydrogen-bond acceptors (Lipinski definition) is 1. The van der Waals surface area contributed by atoms with Gasteiger partial charge in [-0.3, -0.25) is 0 Å². The minimum Gasteiger partial charge on any atom is -0.478 e. The lowest BCUT2D eigenvalue weighted by Gasteiger charge is -2.17. The van der Waals surface area contributed by atoms with Gasteiger partial charge in [-0.1, -0.05) is 20.8 Å². The number of hydrogen-bond donors (Lipinski definition) is 1. The van der Waals surface area contributed by atoms with E-state index in [-0.39, 0.29) is 5.41 Å². The monoisotopic (exact) mass is 195 g/mol. The van der Waals surface area contributed by atoms with Gasteiger partial charge < -0.3 is 9.67 Å². The first kappa shape index (κ1) is 10.8. The maximum Gasteiger partial charge on any atom is 0.337 e. The van der Waals surface area contributed by atoms with Gasteiger partial charge in [0.1, 0.15) is 0 Å². The van der Waals surface area contributed by atoms with E-state index in [1.165, 1.54) is 0 Å². The summed E-state index contributed by atoms with van der Waals surface area (Å²) in [6.45, 7) is 7.40. The molecule has 0 spiro atoms. The summed E-state index contributed by atoms with van der Waals surface area (Å²) in [5.74, 6) is -0.862. The second-order valence-electron chi connectivity index (χ2n) is 4.75. The Morgan fingerprint density at radius 3 is 2.57 bits per heavy atom. The topological polar surface area (TPSA) is 42.2 Å². The molecule has 0 aliphatic heterocycles. The van der Waals surface area contributed by atoms with Gasteiger partial charge in [0.2, 0.25) is 0 Å². The highest BCUT2D eigenvalue weighted by molar-refractivity contribution is 5.87. The van der Waals surface area contributed by atoms with Crippen molar-refractivity contribution in [2.24, 2.45) is 5.41 Å². The highest BCUT2D eigenvalue weighted by Crippen LogP contribution is 2.19. The highest BCUT2D eigenvalue weighted by atomic mass is 16.4. The Labute approximate surface area is 84.4 Å². The first-order valence-electron chi connectivity index (χ1n) is 4.77. The molecular weight excluding hydrogens is 178 g/mol. The van der Waals surface area contributed by atoms with Gasteiger partial charge in [0, 0.05) is 18.9 Å².